The molecule has 42 heavy (non-hydrogen) atoms. The lowest BCUT2D eigenvalue weighted by Gasteiger charge is -2.34. The summed E-state index contributed by atoms with van der Waals surface area (Å²) in [5.41, 5.74) is 3.98. The van der Waals surface area contributed by atoms with Gasteiger partial charge in [0.1, 0.15) is 6.04 Å². The second kappa shape index (κ2) is 14.8. The van der Waals surface area contributed by atoms with Gasteiger partial charge in [0.25, 0.3) is 0 Å². The molecule has 4 aromatic carbocycles. The Labute approximate surface area is 254 Å². The maximum absolute atomic E-state index is 14.5. The van der Waals surface area contributed by atoms with E-state index in [1.807, 2.05) is 91.0 Å². The third-order valence-corrected chi connectivity index (χ3v) is 8.67. The molecular formula is C37H39ClN2O2. The summed E-state index contributed by atoms with van der Waals surface area (Å²) in [6, 6.07) is 37.3. The first-order valence-electron chi connectivity index (χ1n) is 15.1. The Morgan fingerprint density at radius 3 is 1.88 bits per heavy atom. The van der Waals surface area contributed by atoms with Crippen molar-refractivity contribution < 1.29 is 9.59 Å². The molecule has 0 unspecified atom stereocenters. The molecule has 0 spiro atoms. The van der Waals surface area contributed by atoms with E-state index in [0.717, 1.165) is 47.9 Å². The lowest BCUT2D eigenvalue weighted by atomic mass is 9.87. The van der Waals surface area contributed by atoms with Crippen molar-refractivity contribution in [2.75, 3.05) is 0 Å². The van der Waals surface area contributed by atoms with Gasteiger partial charge >= 0.3 is 0 Å². The largest absolute Gasteiger partial charge is 0.352 e. The number of benzene rings is 4. The summed E-state index contributed by atoms with van der Waals surface area (Å²) in [4.78, 5) is 30.4. The van der Waals surface area contributed by atoms with Gasteiger partial charge in [-0.15, -0.1) is 0 Å². The molecule has 1 atom stereocenters. The molecule has 0 saturated heterocycles. The predicted octanol–water partition coefficient (Wildman–Crippen LogP) is 7.95. The van der Waals surface area contributed by atoms with Crippen LogP contribution < -0.4 is 5.32 Å². The van der Waals surface area contributed by atoms with Crippen LogP contribution in [0.2, 0.25) is 5.02 Å². The molecule has 4 aromatic rings. The fourth-order valence-electron chi connectivity index (χ4n) is 6.00. The molecule has 1 aliphatic carbocycles. The smallest absolute Gasteiger partial charge is 0.243 e. The van der Waals surface area contributed by atoms with E-state index in [4.69, 9.17) is 11.6 Å². The monoisotopic (exact) mass is 578 g/mol. The van der Waals surface area contributed by atoms with Crippen LogP contribution in [0, 0.1) is 0 Å². The number of hydrogen-bond donors (Lipinski definition) is 1. The molecule has 1 saturated carbocycles. The molecule has 0 aromatic heterocycles. The summed E-state index contributed by atoms with van der Waals surface area (Å²) >= 11 is 6.63. The maximum Gasteiger partial charge on any atom is 0.243 e. The first-order chi connectivity index (χ1) is 20.6. The quantitative estimate of drug-likeness (QED) is 0.196. The normalized spacial score (nSPS) is 14.3. The average molecular weight is 579 g/mol. The van der Waals surface area contributed by atoms with E-state index in [-0.39, 0.29) is 36.7 Å². The van der Waals surface area contributed by atoms with E-state index in [0.29, 0.717) is 11.4 Å². The molecule has 0 heterocycles. The van der Waals surface area contributed by atoms with Gasteiger partial charge in [0.05, 0.1) is 0 Å². The molecule has 0 bridgehead atoms. The minimum absolute atomic E-state index is 0.0765. The Morgan fingerprint density at radius 1 is 0.738 bits per heavy atom. The van der Waals surface area contributed by atoms with Crippen LogP contribution in [0.25, 0.3) is 0 Å². The highest BCUT2D eigenvalue weighted by Crippen LogP contribution is 2.30. The Kier molecular flexibility index (Phi) is 10.5. The number of carbonyl (C=O) groups is 2. The fourth-order valence-corrected chi connectivity index (χ4v) is 6.19. The number of rotatable bonds is 11. The van der Waals surface area contributed by atoms with Crippen LogP contribution in [0.1, 0.15) is 66.7 Å². The summed E-state index contributed by atoms with van der Waals surface area (Å²) in [6.45, 7) is 0.254. The first-order valence-corrected chi connectivity index (χ1v) is 15.4. The van der Waals surface area contributed by atoms with E-state index in [1.165, 1.54) is 6.42 Å². The number of nitrogens with one attached hydrogen (secondary N) is 1. The number of nitrogens with zero attached hydrogens (tertiary/aromatic N) is 1. The predicted molar refractivity (Wildman–Crippen MR) is 170 cm³/mol. The van der Waals surface area contributed by atoms with E-state index in [9.17, 15) is 9.59 Å². The van der Waals surface area contributed by atoms with Crippen LogP contribution in [0.3, 0.4) is 0 Å². The van der Waals surface area contributed by atoms with Crippen molar-refractivity contribution in [1.29, 1.82) is 0 Å². The van der Waals surface area contributed by atoms with Crippen LogP contribution in [0.4, 0.5) is 0 Å². The van der Waals surface area contributed by atoms with Crippen LogP contribution in [-0.4, -0.2) is 28.8 Å². The fraction of sp³-hybridized carbons (Fsp3) is 0.297. The highest BCUT2D eigenvalue weighted by Gasteiger charge is 2.33. The summed E-state index contributed by atoms with van der Waals surface area (Å²) in [7, 11) is 0. The summed E-state index contributed by atoms with van der Waals surface area (Å²) < 4.78 is 0. The van der Waals surface area contributed by atoms with E-state index in [2.05, 4.69) is 29.6 Å². The number of hydrogen-bond acceptors (Lipinski definition) is 2. The van der Waals surface area contributed by atoms with Crippen LogP contribution in [-0.2, 0) is 22.6 Å². The molecule has 1 N–H and O–H groups in total. The van der Waals surface area contributed by atoms with Crippen molar-refractivity contribution in [1.82, 2.24) is 10.2 Å². The molecule has 5 heteroatoms. The third-order valence-electron chi connectivity index (χ3n) is 8.30. The third kappa shape index (κ3) is 7.89. The van der Waals surface area contributed by atoms with Crippen LogP contribution in [0.15, 0.2) is 115 Å². The minimum Gasteiger partial charge on any atom is -0.352 e. The number of amides is 2. The molecule has 0 radical (unpaired) electrons. The standard InChI is InChI=1S/C37H39ClN2O2/c38-34-24-14-13-21-31(34)27-40(36(41)26-33(29-17-7-2-8-18-29)30-19-9-3-10-20-30)35(25-28-15-5-1-6-16-28)37(42)39-32-22-11-4-12-23-32/h1-3,5-10,13-21,24,32-33,35H,4,11-12,22-23,25-27H2,(H,39,42)/t35-/m0/s1. The van der Waals surface area contributed by atoms with E-state index < -0.39 is 6.04 Å². The Morgan fingerprint density at radius 2 is 1.29 bits per heavy atom. The van der Waals surface area contributed by atoms with Gasteiger partial charge < -0.3 is 10.2 Å². The zero-order valence-corrected chi connectivity index (χ0v) is 24.8. The average Bonchev–Trinajstić information content (AvgIpc) is 3.04. The van der Waals surface area contributed by atoms with Crippen molar-refractivity contribution in [3.05, 3.63) is 143 Å². The Hall–Kier alpha value is -3.89. The highest BCUT2D eigenvalue weighted by atomic mass is 35.5. The van der Waals surface area contributed by atoms with Crippen molar-refractivity contribution in [2.45, 2.75) is 69.5 Å². The van der Waals surface area contributed by atoms with E-state index in [1.54, 1.807) is 4.90 Å². The molecule has 2 amide bonds. The van der Waals surface area contributed by atoms with Crippen molar-refractivity contribution in [3.8, 4) is 0 Å². The second-order valence-corrected chi connectivity index (χ2v) is 11.6. The Bertz CT molecular complexity index is 1380. The van der Waals surface area contributed by atoms with Crippen LogP contribution >= 0.6 is 11.6 Å². The maximum atomic E-state index is 14.5. The second-order valence-electron chi connectivity index (χ2n) is 11.2. The van der Waals surface area contributed by atoms with Crippen molar-refractivity contribution in [3.63, 3.8) is 0 Å². The SMILES string of the molecule is O=C(NC1CCCCC1)[C@H](Cc1ccccc1)N(Cc1ccccc1Cl)C(=O)CC(c1ccccc1)c1ccccc1. The van der Waals surface area contributed by atoms with Gasteiger partial charge in [0.15, 0.2) is 0 Å². The summed E-state index contributed by atoms with van der Waals surface area (Å²) in [5, 5.41) is 3.91. The lowest BCUT2D eigenvalue weighted by molar-refractivity contribution is -0.141. The molecular weight excluding hydrogens is 540 g/mol. The van der Waals surface area contributed by atoms with Gasteiger partial charge in [-0.2, -0.15) is 0 Å². The van der Waals surface area contributed by atoms with Gasteiger partial charge in [-0.25, -0.2) is 0 Å². The molecule has 216 valence electrons. The molecule has 1 fully saturated rings. The topological polar surface area (TPSA) is 49.4 Å². The number of halogens is 1. The van der Waals surface area contributed by atoms with Gasteiger partial charge in [0, 0.05) is 36.4 Å². The minimum atomic E-state index is -0.676. The van der Waals surface area contributed by atoms with Gasteiger partial charge in [-0.05, 0) is 41.2 Å². The molecule has 0 aliphatic heterocycles. The molecule has 1 aliphatic rings. The summed E-state index contributed by atoms with van der Waals surface area (Å²) in [5.74, 6) is -0.318. The van der Waals surface area contributed by atoms with Gasteiger partial charge in [-0.1, -0.05) is 140 Å². The molecule has 5 rings (SSSR count). The van der Waals surface area contributed by atoms with Crippen molar-refractivity contribution in [2.24, 2.45) is 0 Å². The number of carbonyl (C=O) groups excluding carboxylic acids is 2. The lowest BCUT2D eigenvalue weighted by Crippen LogP contribution is -2.53. The first kappa shape index (κ1) is 29.6. The van der Waals surface area contributed by atoms with Gasteiger partial charge in [0.2, 0.25) is 11.8 Å². The Balaban J connectivity index is 1.51. The van der Waals surface area contributed by atoms with Gasteiger partial charge in [-0.3, -0.25) is 9.59 Å². The van der Waals surface area contributed by atoms with Crippen LogP contribution in [0.5, 0.6) is 0 Å². The van der Waals surface area contributed by atoms with E-state index >= 15 is 0 Å². The highest BCUT2D eigenvalue weighted by molar-refractivity contribution is 6.31. The summed E-state index contributed by atoms with van der Waals surface area (Å²) in [6.07, 6.45) is 6.06. The van der Waals surface area contributed by atoms with Crippen molar-refractivity contribution >= 4 is 23.4 Å². The molecule has 4 nitrogen and oxygen atoms in total. The zero-order chi connectivity index (χ0) is 29.1. The zero-order valence-electron chi connectivity index (χ0n) is 24.0.